The molecule has 0 aliphatic carbocycles. The quantitative estimate of drug-likeness (QED) is 0.528. The van der Waals surface area contributed by atoms with Gasteiger partial charge in [-0.1, -0.05) is 29.8 Å². The molecule has 0 spiro atoms. The predicted molar refractivity (Wildman–Crippen MR) is 79.9 cm³/mol. The monoisotopic (exact) mass is 326 g/mol. The molecule has 110 valence electrons. The van der Waals surface area contributed by atoms with Crippen LogP contribution in [0.5, 0.6) is 0 Å². The zero-order valence-electron chi connectivity index (χ0n) is 10.7. The number of nitrogens with two attached hydrogens (primary N) is 1. The third-order valence-corrected chi connectivity index (χ3v) is 5.00. The molecule has 0 bridgehead atoms. The summed E-state index contributed by atoms with van der Waals surface area (Å²) in [7, 11) is -3.80. The smallest absolute Gasteiger partial charge is 0.269 e. The van der Waals surface area contributed by atoms with Crippen LogP contribution in [0.25, 0.3) is 0 Å². The van der Waals surface area contributed by atoms with Crippen LogP contribution in [0.15, 0.2) is 47.4 Å². The molecule has 0 atom stereocenters. The molecule has 0 saturated carbocycles. The molecule has 2 rings (SSSR count). The summed E-state index contributed by atoms with van der Waals surface area (Å²) in [5, 5.41) is 10.7. The largest absolute Gasteiger partial charge is 0.398 e. The molecule has 0 saturated heterocycles. The number of nitro benzene ring substituents is 1. The van der Waals surface area contributed by atoms with Gasteiger partial charge in [-0.2, -0.15) is 0 Å². The van der Waals surface area contributed by atoms with Gasteiger partial charge in [0.05, 0.1) is 21.4 Å². The van der Waals surface area contributed by atoms with Crippen molar-refractivity contribution in [3.8, 4) is 0 Å². The second-order valence-electron chi connectivity index (χ2n) is 4.34. The number of hydrogen-bond donors (Lipinski definition) is 1. The average molecular weight is 327 g/mol. The fourth-order valence-electron chi connectivity index (χ4n) is 1.91. The van der Waals surface area contributed by atoms with Crippen molar-refractivity contribution in [2.45, 2.75) is 10.6 Å². The van der Waals surface area contributed by atoms with Gasteiger partial charge in [-0.15, -0.1) is 0 Å². The second-order valence-corrected chi connectivity index (χ2v) is 6.68. The van der Waals surface area contributed by atoms with Gasteiger partial charge in [0, 0.05) is 12.1 Å². The van der Waals surface area contributed by atoms with Crippen molar-refractivity contribution < 1.29 is 13.3 Å². The van der Waals surface area contributed by atoms with Crippen LogP contribution >= 0.6 is 11.6 Å². The highest BCUT2D eigenvalue weighted by atomic mass is 35.5. The van der Waals surface area contributed by atoms with E-state index >= 15 is 0 Å². The van der Waals surface area contributed by atoms with Gasteiger partial charge in [-0.25, -0.2) is 8.42 Å². The summed E-state index contributed by atoms with van der Waals surface area (Å²) >= 11 is 5.89. The van der Waals surface area contributed by atoms with E-state index in [9.17, 15) is 18.5 Å². The lowest BCUT2D eigenvalue weighted by atomic mass is 10.2. The van der Waals surface area contributed by atoms with Gasteiger partial charge in [0.1, 0.15) is 4.90 Å². The molecular weight excluding hydrogens is 316 g/mol. The van der Waals surface area contributed by atoms with Crippen LogP contribution in [0.2, 0.25) is 5.02 Å². The van der Waals surface area contributed by atoms with Gasteiger partial charge in [0.25, 0.3) is 5.69 Å². The summed E-state index contributed by atoms with van der Waals surface area (Å²) in [6.07, 6.45) is 0. The summed E-state index contributed by atoms with van der Waals surface area (Å²) in [5.74, 6) is -0.414. The van der Waals surface area contributed by atoms with Gasteiger partial charge >= 0.3 is 0 Å². The molecule has 6 nitrogen and oxygen atoms in total. The molecule has 0 aliphatic heterocycles. The molecule has 0 aromatic heterocycles. The number of nitrogen functional groups attached to an aromatic ring is 1. The van der Waals surface area contributed by atoms with Gasteiger partial charge in [0.15, 0.2) is 9.84 Å². The maximum Gasteiger partial charge on any atom is 0.269 e. The predicted octanol–water partition coefficient (Wildman–Crippen LogP) is 2.80. The van der Waals surface area contributed by atoms with Gasteiger partial charge in [-0.3, -0.25) is 10.1 Å². The van der Waals surface area contributed by atoms with Gasteiger partial charge in [-0.05, 0) is 17.7 Å². The third-order valence-electron chi connectivity index (χ3n) is 2.79. The van der Waals surface area contributed by atoms with Crippen molar-refractivity contribution in [1.29, 1.82) is 0 Å². The van der Waals surface area contributed by atoms with Crippen molar-refractivity contribution in [1.82, 2.24) is 0 Å². The van der Waals surface area contributed by atoms with E-state index in [2.05, 4.69) is 0 Å². The number of rotatable bonds is 4. The summed E-state index contributed by atoms with van der Waals surface area (Å²) in [6.45, 7) is 0. The van der Waals surface area contributed by atoms with Crippen molar-refractivity contribution in [3.05, 3.63) is 63.2 Å². The van der Waals surface area contributed by atoms with Crippen LogP contribution in [0.1, 0.15) is 5.56 Å². The number of hydrogen-bond acceptors (Lipinski definition) is 5. The standard InChI is InChI=1S/C13H11ClN2O4S/c14-11-5-2-6-12(15)13(11)21(19,20)8-9-3-1-4-10(7-9)16(17)18/h1-7H,8,15H2. The maximum absolute atomic E-state index is 12.4. The molecule has 0 aliphatic rings. The van der Waals surface area contributed by atoms with Crippen molar-refractivity contribution in [2.24, 2.45) is 0 Å². The molecule has 8 heteroatoms. The van der Waals surface area contributed by atoms with E-state index < -0.39 is 20.5 Å². The highest BCUT2D eigenvalue weighted by molar-refractivity contribution is 7.91. The molecule has 2 N–H and O–H groups in total. The first-order valence-corrected chi connectivity index (χ1v) is 7.84. The van der Waals surface area contributed by atoms with E-state index in [1.165, 1.54) is 36.4 Å². The molecule has 0 radical (unpaired) electrons. The lowest BCUT2D eigenvalue weighted by Crippen LogP contribution is -2.09. The molecule has 0 fully saturated rings. The molecule has 2 aromatic carbocycles. The Morgan fingerprint density at radius 3 is 2.48 bits per heavy atom. The highest BCUT2D eigenvalue weighted by Gasteiger charge is 2.22. The van der Waals surface area contributed by atoms with Crippen LogP contribution < -0.4 is 5.73 Å². The first-order chi connectivity index (χ1) is 9.81. The maximum atomic E-state index is 12.4. The lowest BCUT2D eigenvalue weighted by molar-refractivity contribution is -0.384. The Morgan fingerprint density at radius 1 is 1.19 bits per heavy atom. The number of sulfone groups is 1. The molecule has 21 heavy (non-hydrogen) atoms. The first kappa shape index (κ1) is 15.3. The van der Waals surface area contributed by atoms with E-state index in [1.807, 2.05) is 0 Å². The molecule has 2 aromatic rings. The first-order valence-electron chi connectivity index (χ1n) is 5.81. The summed E-state index contributed by atoms with van der Waals surface area (Å²) in [6, 6.07) is 9.84. The Hall–Kier alpha value is -2.12. The van der Waals surface area contributed by atoms with E-state index in [0.717, 1.165) is 0 Å². The Kier molecular flexibility index (Phi) is 4.15. The Morgan fingerprint density at radius 2 is 1.86 bits per heavy atom. The fraction of sp³-hybridized carbons (Fsp3) is 0.0769. The fourth-order valence-corrected chi connectivity index (χ4v) is 3.99. The average Bonchev–Trinajstić information content (AvgIpc) is 2.37. The number of nitrogens with zero attached hydrogens (tertiary/aromatic N) is 1. The van der Waals surface area contributed by atoms with E-state index in [0.29, 0.717) is 5.56 Å². The van der Waals surface area contributed by atoms with Crippen molar-refractivity contribution >= 4 is 32.8 Å². The number of anilines is 1. The number of halogens is 1. The van der Waals surface area contributed by atoms with E-state index in [-0.39, 0.29) is 21.3 Å². The van der Waals surface area contributed by atoms with Crippen molar-refractivity contribution in [3.63, 3.8) is 0 Å². The SMILES string of the molecule is Nc1cccc(Cl)c1S(=O)(=O)Cc1cccc([N+](=O)[O-])c1. The lowest BCUT2D eigenvalue weighted by Gasteiger charge is -2.09. The number of non-ortho nitro benzene ring substituents is 1. The van der Waals surface area contributed by atoms with Crippen LogP contribution in [0, 0.1) is 10.1 Å². The van der Waals surface area contributed by atoms with Crippen LogP contribution in [-0.2, 0) is 15.6 Å². The topological polar surface area (TPSA) is 103 Å². The summed E-state index contributed by atoms with van der Waals surface area (Å²) in [4.78, 5) is 9.97. The Bertz CT molecular complexity index is 785. The van der Waals surface area contributed by atoms with Gasteiger partial charge < -0.3 is 5.73 Å². The second kappa shape index (κ2) is 5.71. The van der Waals surface area contributed by atoms with Crippen LogP contribution in [-0.4, -0.2) is 13.3 Å². The molecular formula is C13H11ClN2O4S. The molecule has 0 unspecified atom stereocenters. The molecule has 0 amide bonds. The zero-order chi connectivity index (χ0) is 15.6. The van der Waals surface area contributed by atoms with Crippen molar-refractivity contribution in [2.75, 3.05) is 5.73 Å². The van der Waals surface area contributed by atoms with E-state index in [4.69, 9.17) is 17.3 Å². The third kappa shape index (κ3) is 3.32. The zero-order valence-corrected chi connectivity index (χ0v) is 12.3. The minimum atomic E-state index is -3.80. The Labute approximate surface area is 126 Å². The number of benzene rings is 2. The number of nitro groups is 1. The minimum absolute atomic E-state index is 0.0282. The van der Waals surface area contributed by atoms with Crippen LogP contribution in [0.4, 0.5) is 11.4 Å². The van der Waals surface area contributed by atoms with Crippen LogP contribution in [0.3, 0.4) is 0 Å². The van der Waals surface area contributed by atoms with E-state index in [1.54, 1.807) is 6.07 Å². The highest BCUT2D eigenvalue weighted by Crippen LogP contribution is 2.30. The minimum Gasteiger partial charge on any atom is -0.398 e. The molecule has 0 heterocycles. The summed E-state index contributed by atoms with van der Waals surface area (Å²) < 4.78 is 24.8. The van der Waals surface area contributed by atoms with Gasteiger partial charge in [0.2, 0.25) is 0 Å². The normalized spacial score (nSPS) is 11.3. The summed E-state index contributed by atoms with van der Waals surface area (Å²) in [5.41, 5.74) is 5.84. The Balaban J connectivity index is 2.43.